The number of piperazine rings is 1. The van der Waals surface area contributed by atoms with E-state index >= 15 is 0 Å². The number of aromatic nitrogens is 3. The van der Waals surface area contributed by atoms with Gasteiger partial charge < -0.3 is 19.7 Å². The molecular weight excluding hydrogens is 468 g/mol. The molecule has 1 aliphatic heterocycles. The third kappa shape index (κ3) is 7.69. The first-order chi connectivity index (χ1) is 18.2. The number of hydrogen-bond acceptors (Lipinski definition) is 7. The van der Waals surface area contributed by atoms with Crippen LogP contribution < -0.4 is 19.7 Å². The fourth-order valence-electron chi connectivity index (χ4n) is 4.58. The van der Waals surface area contributed by atoms with E-state index in [0.29, 0.717) is 6.42 Å². The van der Waals surface area contributed by atoms with Crippen LogP contribution in [0.1, 0.15) is 31.4 Å². The van der Waals surface area contributed by atoms with E-state index < -0.39 is 0 Å². The van der Waals surface area contributed by atoms with E-state index in [1.165, 1.54) is 5.69 Å². The molecule has 0 atom stereocenters. The Morgan fingerprint density at radius 3 is 2.49 bits per heavy atom. The zero-order valence-electron chi connectivity index (χ0n) is 21.9. The van der Waals surface area contributed by atoms with Crippen molar-refractivity contribution < 1.29 is 14.3 Å². The number of ether oxygens (including phenoxy) is 2. The number of nitrogens with zero attached hydrogens (tertiary/aromatic N) is 5. The van der Waals surface area contributed by atoms with Crippen molar-refractivity contribution in [3.05, 3.63) is 60.4 Å². The van der Waals surface area contributed by atoms with E-state index in [1.54, 1.807) is 18.9 Å². The van der Waals surface area contributed by atoms with Crippen LogP contribution in [0.25, 0.3) is 5.69 Å². The summed E-state index contributed by atoms with van der Waals surface area (Å²) in [5, 5.41) is 11.5. The first-order valence-corrected chi connectivity index (χ1v) is 13.1. The van der Waals surface area contributed by atoms with Gasteiger partial charge in [-0.1, -0.05) is 17.3 Å². The van der Waals surface area contributed by atoms with Crippen molar-refractivity contribution in [2.45, 2.75) is 32.1 Å². The number of para-hydroxylation sites is 2. The number of methoxy groups -OCH3 is 2. The molecule has 1 fully saturated rings. The molecule has 4 rings (SSSR count). The van der Waals surface area contributed by atoms with E-state index in [-0.39, 0.29) is 5.91 Å². The topological polar surface area (TPSA) is 84.8 Å². The van der Waals surface area contributed by atoms with Gasteiger partial charge in [-0.05, 0) is 68.6 Å². The minimum Gasteiger partial charge on any atom is -0.497 e. The monoisotopic (exact) mass is 506 g/mol. The highest BCUT2D eigenvalue weighted by Crippen LogP contribution is 2.28. The highest BCUT2D eigenvalue weighted by atomic mass is 16.5. The Hall–Kier alpha value is -3.59. The van der Waals surface area contributed by atoms with Crippen molar-refractivity contribution in [2.24, 2.45) is 0 Å². The van der Waals surface area contributed by atoms with Gasteiger partial charge in [-0.3, -0.25) is 9.69 Å². The summed E-state index contributed by atoms with van der Waals surface area (Å²) in [5.74, 6) is 1.85. The fraction of sp³-hybridized carbons (Fsp3) is 0.464. The summed E-state index contributed by atoms with van der Waals surface area (Å²) in [6.07, 6.45) is 5.97. The quantitative estimate of drug-likeness (QED) is 0.356. The maximum absolute atomic E-state index is 12.2. The van der Waals surface area contributed by atoms with Gasteiger partial charge in [-0.2, -0.15) is 0 Å². The first kappa shape index (κ1) is 26.5. The summed E-state index contributed by atoms with van der Waals surface area (Å²) in [6, 6.07) is 15.9. The molecule has 0 saturated carbocycles. The zero-order chi connectivity index (χ0) is 25.9. The van der Waals surface area contributed by atoms with Crippen LogP contribution >= 0.6 is 0 Å². The number of amides is 1. The van der Waals surface area contributed by atoms with Crippen LogP contribution in [0, 0.1) is 0 Å². The van der Waals surface area contributed by atoms with Crippen LogP contribution in [0.15, 0.2) is 54.7 Å². The molecule has 0 unspecified atom stereocenters. The van der Waals surface area contributed by atoms with Crippen LogP contribution in [0.5, 0.6) is 11.5 Å². The smallest absolute Gasteiger partial charge is 0.220 e. The first-order valence-electron chi connectivity index (χ1n) is 13.1. The van der Waals surface area contributed by atoms with E-state index in [0.717, 1.165) is 87.8 Å². The normalized spacial score (nSPS) is 13.9. The second-order valence-electron chi connectivity index (χ2n) is 9.26. The van der Waals surface area contributed by atoms with Crippen molar-refractivity contribution >= 4 is 11.6 Å². The zero-order valence-corrected chi connectivity index (χ0v) is 21.9. The van der Waals surface area contributed by atoms with Gasteiger partial charge in [0.1, 0.15) is 11.5 Å². The summed E-state index contributed by atoms with van der Waals surface area (Å²) in [6.45, 7) is 5.91. The Bertz CT molecular complexity index is 1110. The molecule has 2 heterocycles. The van der Waals surface area contributed by atoms with Gasteiger partial charge in [-0.25, -0.2) is 4.68 Å². The highest BCUT2D eigenvalue weighted by molar-refractivity contribution is 5.75. The molecule has 2 aromatic carbocycles. The van der Waals surface area contributed by atoms with E-state index in [4.69, 9.17) is 9.47 Å². The summed E-state index contributed by atoms with van der Waals surface area (Å²) in [7, 11) is 3.37. The third-order valence-electron chi connectivity index (χ3n) is 6.74. The number of rotatable bonds is 13. The summed E-state index contributed by atoms with van der Waals surface area (Å²) in [4.78, 5) is 17.1. The summed E-state index contributed by atoms with van der Waals surface area (Å²) in [5.41, 5.74) is 2.99. The number of benzene rings is 2. The molecule has 198 valence electrons. The maximum atomic E-state index is 12.2. The van der Waals surface area contributed by atoms with Gasteiger partial charge in [-0.15, -0.1) is 5.10 Å². The van der Waals surface area contributed by atoms with Gasteiger partial charge in [0.05, 0.1) is 37.5 Å². The second kappa shape index (κ2) is 13.6. The largest absolute Gasteiger partial charge is 0.497 e. The van der Waals surface area contributed by atoms with Gasteiger partial charge in [0.15, 0.2) is 0 Å². The Morgan fingerprint density at radius 2 is 1.73 bits per heavy atom. The fourth-order valence-corrected chi connectivity index (χ4v) is 4.58. The van der Waals surface area contributed by atoms with Gasteiger partial charge in [0.2, 0.25) is 5.91 Å². The van der Waals surface area contributed by atoms with Crippen molar-refractivity contribution in [3.63, 3.8) is 0 Å². The van der Waals surface area contributed by atoms with Crippen LogP contribution in [-0.4, -0.2) is 79.3 Å². The predicted octanol–water partition coefficient (Wildman–Crippen LogP) is 3.33. The lowest BCUT2D eigenvalue weighted by molar-refractivity contribution is -0.121. The molecule has 1 N–H and O–H groups in total. The minimum absolute atomic E-state index is 0.105. The lowest BCUT2D eigenvalue weighted by atomic mass is 10.2. The highest BCUT2D eigenvalue weighted by Gasteiger charge is 2.19. The van der Waals surface area contributed by atoms with E-state index in [1.807, 2.05) is 42.6 Å². The van der Waals surface area contributed by atoms with Crippen LogP contribution in [-0.2, 0) is 11.2 Å². The molecule has 0 radical (unpaired) electrons. The van der Waals surface area contributed by atoms with Crippen LogP contribution in [0.4, 0.5) is 5.69 Å². The number of carbonyl (C=O) groups excluding carboxylic acids is 1. The number of carbonyl (C=O) groups is 1. The molecule has 0 bridgehead atoms. The Labute approximate surface area is 219 Å². The van der Waals surface area contributed by atoms with E-state index in [2.05, 4.69) is 37.6 Å². The molecular formula is C28H38N6O3. The minimum atomic E-state index is 0.105. The molecule has 0 spiro atoms. The SMILES string of the molecule is COc1ccc(-n2cc(CCCC(=O)NCCCCN3CCN(c4ccccc4OC)CC3)nn2)cc1. The molecule has 1 saturated heterocycles. The Morgan fingerprint density at radius 1 is 0.946 bits per heavy atom. The standard InChI is InChI=1S/C28H38N6O3/c1-36-25-14-12-24(13-15-25)34-22-23(30-31-34)8-7-11-28(35)29-16-5-6-17-32-18-20-33(21-19-32)26-9-3-4-10-27(26)37-2/h3-4,9-10,12-15,22H,5-8,11,16-21H2,1-2H3,(H,29,35). The lowest BCUT2D eigenvalue weighted by Crippen LogP contribution is -2.46. The third-order valence-corrected chi connectivity index (χ3v) is 6.74. The van der Waals surface area contributed by atoms with Gasteiger partial charge in [0, 0.05) is 39.1 Å². The van der Waals surface area contributed by atoms with Crippen molar-refractivity contribution in [1.82, 2.24) is 25.2 Å². The Kier molecular flexibility index (Phi) is 9.76. The van der Waals surface area contributed by atoms with Gasteiger partial charge >= 0.3 is 0 Å². The molecule has 1 aromatic heterocycles. The molecule has 0 aliphatic carbocycles. The molecule has 1 aliphatic rings. The number of anilines is 1. The number of aryl methyl sites for hydroxylation is 1. The van der Waals surface area contributed by atoms with Crippen molar-refractivity contribution in [3.8, 4) is 17.2 Å². The lowest BCUT2D eigenvalue weighted by Gasteiger charge is -2.36. The number of nitrogens with one attached hydrogen (secondary N) is 1. The molecule has 37 heavy (non-hydrogen) atoms. The molecule has 1 amide bonds. The summed E-state index contributed by atoms with van der Waals surface area (Å²) < 4.78 is 12.4. The number of unbranched alkanes of at least 4 members (excludes halogenated alkanes) is 1. The van der Waals surface area contributed by atoms with Crippen LogP contribution in [0.3, 0.4) is 0 Å². The Balaban J connectivity index is 1.05. The molecule has 9 heteroatoms. The summed E-state index contributed by atoms with van der Waals surface area (Å²) >= 11 is 0. The average Bonchev–Trinajstić information content (AvgIpc) is 3.42. The van der Waals surface area contributed by atoms with Crippen molar-refractivity contribution in [1.29, 1.82) is 0 Å². The second-order valence-corrected chi connectivity index (χ2v) is 9.26. The predicted molar refractivity (Wildman–Crippen MR) is 145 cm³/mol. The van der Waals surface area contributed by atoms with Gasteiger partial charge in [0.25, 0.3) is 0 Å². The van der Waals surface area contributed by atoms with Crippen molar-refractivity contribution in [2.75, 3.05) is 58.4 Å². The number of hydrogen-bond donors (Lipinski definition) is 1. The van der Waals surface area contributed by atoms with Crippen LogP contribution in [0.2, 0.25) is 0 Å². The average molecular weight is 507 g/mol. The molecule has 9 nitrogen and oxygen atoms in total. The van der Waals surface area contributed by atoms with E-state index in [9.17, 15) is 4.79 Å². The maximum Gasteiger partial charge on any atom is 0.220 e. The molecule has 3 aromatic rings.